The molecule has 0 saturated heterocycles. The molecule has 0 aliphatic rings. The molecule has 2 rings (SSSR count). The quantitative estimate of drug-likeness (QED) is 0.878. The fourth-order valence-electron chi connectivity index (χ4n) is 1.66. The van der Waals surface area contributed by atoms with Crippen LogP contribution >= 0.6 is 11.6 Å². The normalized spacial score (nSPS) is 9.52. The molecule has 0 amide bonds. The number of halogens is 1. The van der Waals surface area contributed by atoms with Crippen LogP contribution in [0.3, 0.4) is 0 Å². The molecule has 112 valence electrons. The molecule has 0 bridgehead atoms. The van der Waals surface area contributed by atoms with E-state index in [1.54, 1.807) is 14.0 Å². The highest BCUT2D eigenvalue weighted by Gasteiger charge is 2.08. The molecule has 0 spiro atoms. The van der Waals surface area contributed by atoms with E-state index in [0.29, 0.717) is 5.56 Å². The smallest absolute Gasteiger partial charge is 0.336 e. The summed E-state index contributed by atoms with van der Waals surface area (Å²) in [6.07, 6.45) is 0. The third-order valence-electron chi connectivity index (χ3n) is 2.97. The average Bonchev–Trinajstić information content (AvgIpc) is 2.45. The van der Waals surface area contributed by atoms with Crippen LogP contribution in [0.2, 0.25) is 5.02 Å². The van der Waals surface area contributed by atoms with Crippen molar-refractivity contribution in [2.75, 3.05) is 7.11 Å². The second-order valence-corrected chi connectivity index (χ2v) is 4.73. The van der Waals surface area contributed by atoms with Crippen molar-refractivity contribution in [2.24, 2.45) is 0 Å². The lowest BCUT2D eigenvalue weighted by Gasteiger charge is -2.03. The SMILES string of the molecule is COc1cccc(Cl)c1C.Cc1c(O)cccc1C(=O)O. The van der Waals surface area contributed by atoms with Gasteiger partial charge in [-0.15, -0.1) is 0 Å². The summed E-state index contributed by atoms with van der Waals surface area (Å²) in [5, 5.41) is 18.4. The Balaban J connectivity index is 0.000000211. The molecule has 0 fully saturated rings. The maximum atomic E-state index is 10.5. The summed E-state index contributed by atoms with van der Waals surface area (Å²) in [4.78, 5) is 10.5. The summed E-state index contributed by atoms with van der Waals surface area (Å²) < 4.78 is 5.04. The fraction of sp³-hybridized carbons (Fsp3) is 0.188. The molecule has 2 aromatic rings. The minimum Gasteiger partial charge on any atom is -0.508 e. The van der Waals surface area contributed by atoms with Crippen molar-refractivity contribution in [1.82, 2.24) is 0 Å². The third-order valence-corrected chi connectivity index (χ3v) is 3.38. The van der Waals surface area contributed by atoms with E-state index in [1.165, 1.54) is 18.2 Å². The van der Waals surface area contributed by atoms with Gasteiger partial charge in [0.05, 0.1) is 12.7 Å². The van der Waals surface area contributed by atoms with E-state index in [1.807, 2.05) is 25.1 Å². The summed E-state index contributed by atoms with van der Waals surface area (Å²) >= 11 is 5.81. The van der Waals surface area contributed by atoms with Crippen molar-refractivity contribution < 1.29 is 19.7 Å². The first kappa shape index (κ1) is 16.9. The lowest BCUT2D eigenvalue weighted by Crippen LogP contribution is -1.98. The molecule has 2 N–H and O–H groups in total. The van der Waals surface area contributed by atoms with Gasteiger partial charge < -0.3 is 14.9 Å². The Morgan fingerprint density at radius 1 is 1.10 bits per heavy atom. The largest absolute Gasteiger partial charge is 0.508 e. The van der Waals surface area contributed by atoms with Crippen LogP contribution in [0.15, 0.2) is 36.4 Å². The van der Waals surface area contributed by atoms with Crippen molar-refractivity contribution >= 4 is 17.6 Å². The number of phenols is 1. The van der Waals surface area contributed by atoms with Gasteiger partial charge >= 0.3 is 5.97 Å². The topological polar surface area (TPSA) is 66.8 Å². The molecule has 0 aliphatic heterocycles. The predicted molar refractivity (Wildman–Crippen MR) is 82.5 cm³/mol. The van der Waals surface area contributed by atoms with Gasteiger partial charge in [0.25, 0.3) is 0 Å². The fourth-order valence-corrected chi connectivity index (χ4v) is 1.83. The van der Waals surface area contributed by atoms with Crippen LogP contribution in [-0.2, 0) is 0 Å². The number of hydrogen-bond acceptors (Lipinski definition) is 3. The summed E-state index contributed by atoms with van der Waals surface area (Å²) in [7, 11) is 1.64. The van der Waals surface area contributed by atoms with Crippen LogP contribution in [0, 0.1) is 13.8 Å². The van der Waals surface area contributed by atoms with E-state index < -0.39 is 5.97 Å². The number of hydrogen-bond donors (Lipinski definition) is 2. The number of aromatic carboxylic acids is 1. The zero-order valence-corrected chi connectivity index (χ0v) is 12.8. The van der Waals surface area contributed by atoms with E-state index in [9.17, 15) is 4.79 Å². The van der Waals surface area contributed by atoms with Crippen molar-refractivity contribution in [3.63, 3.8) is 0 Å². The Morgan fingerprint density at radius 3 is 2.19 bits per heavy atom. The van der Waals surface area contributed by atoms with E-state index in [0.717, 1.165) is 16.3 Å². The van der Waals surface area contributed by atoms with Gasteiger partial charge in [0.1, 0.15) is 11.5 Å². The monoisotopic (exact) mass is 308 g/mol. The first-order valence-electron chi connectivity index (χ1n) is 6.19. The summed E-state index contributed by atoms with van der Waals surface area (Å²) in [6, 6.07) is 10.0. The minimum absolute atomic E-state index is 0.0184. The number of aromatic hydroxyl groups is 1. The van der Waals surface area contributed by atoms with Crippen LogP contribution in [0.1, 0.15) is 21.5 Å². The van der Waals surface area contributed by atoms with E-state index >= 15 is 0 Å². The molecule has 5 heteroatoms. The zero-order chi connectivity index (χ0) is 16.0. The standard InChI is InChI=1S/C8H9ClO.C8H8O3/c1-6-7(9)4-3-5-8(6)10-2;1-5-6(8(10)11)3-2-4-7(5)9/h3-5H,1-2H3;2-4,9H,1H3,(H,10,11). The zero-order valence-electron chi connectivity index (χ0n) is 12.1. The van der Waals surface area contributed by atoms with Gasteiger partial charge in [-0.3, -0.25) is 0 Å². The van der Waals surface area contributed by atoms with Crippen molar-refractivity contribution in [1.29, 1.82) is 0 Å². The number of carboxylic acids is 1. The second-order valence-electron chi connectivity index (χ2n) is 4.32. The molecule has 0 atom stereocenters. The van der Waals surface area contributed by atoms with Crippen molar-refractivity contribution in [3.8, 4) is 11.5 Å². The summed E-state index contributed by atoms with van der Waals surface area (Å²) in [5.74, 6) is -0.157. The number of carboxylic acid groups (broad SMARTS) is 1. The molecule has 0 aromatic heterocycles. The van der Waals surface area contributed by atoms with E-state index in [-0.39, 0.29) is 11.3 Å². The minimum atomic E-state index is -1.02. The first-order valence-corrected chi connectivity index (χ1v) is 6.57. The van der Waals surface area contributed by atoms with Gasteiger partial charge in [-0.05, 0) is 38.1 Å². The molecule has 4 nitrogen and oxygen atoms in total. The van der Waals surface area contributed by atoms with Gasteiger partial charge in [-0.2, -0.15) is 0 Å². The first-order chi connectivity index (χ1) is 9.88. The van der Waals surface area contributed by atoms with Gasteiger partial charge in [-0.1, -0.05) is 23.7 Å². The molecular weight excluding hydrogens is 292 g/mol. The summed E-state index contributed by atoms with van der Waals surface area (Å²) in [6.45, 7) is 3.50. The molecule has 2 aromatic carbocycles. The lowest BCUT2D eigenvalue weighted by molar-refractivity contribution is 0.0695. The highest BCUT2D eigenvalue weighted by molar-refractivity contribution is 6.31. The summed E-state index contributed by atoms with van der Waals surface area (Å²) in [5.41, 5.74) is 1.54. The Labute approximate surface area is 128 Å². The number of ether oxygens (including phenoxy) is 1. The second kappa shape index (κ2) is 7.55. The van der Waals surface area contributed by atoms with Gasteiger partial charge in [0.2, 0.25) is 0 Å². The maximum Gasteiger partial charge on any atom is 0.336 e. The maximum absolute atomic E-state index is 10.5. The van der Waals surface area contributed by atoms with Gasteiger partial charge in [0.15, 0.2) is 0 Å². The van der Waals surface area contributed by atoms with E-state index in [2.05, 4.69) is 0 Å². The average molecular weight is 309 g/mol. The Bertz CT molecular complexity index is 638. The van der Waals surface area contributed by atoms with Gasteiger partial charge in [-0.25, -0.2) is 4.79 Å². The molecule has 0 radical (unpaired) electrons. The molecule has 0 unspecified atom stereocenters. The molecule has 0 heterocycles. The lowest BCUT2D eigenvalue weighted by atomic mass is 10.1. The third kappa shape index (κ3) is 4.39. The van der Waals surface area contributed by atoms with Crippen molar-refractivity contribution in [2.45, 2.75) is 13.8 Å². The molecule has 0 saturated carbocycles. The number of carbonyl (C=O) groups is 1. The van der Waals surface area contributed by atoms with E-state index in [4.69, 9.17) is 26.6 Å². The van der Waals surface area contributed by atoms with Crippen LogP contribution in [0.4, 0.5) is 0 Å². The Kier molecular flexibility index (Phi) is 6.06. The highest BCUT2D eigenvalue weighted by atomic mass is 35.5. The van der Waals surface area contributed by atoms with Crippen LogP contribution < -0.4 is 4.74 Å². The van der Waals surface area contributed by atoms with Crippen LogP contribution in [0.25, 0.3) is 0 Å². The van der Waals surface area contributed by atoms with Crippen LogP contribution in [-0.4, -0.2) is 23.3 Å². The number of rotatable bonds is 2. The number of benzene rings is 2. The Morgan fingerprint density at radius 2 is 1.71 bits per heavy atom. The van der Waals surface area contributed by atoms with Gasteiger partial charge in [0, 0.05) is 16.1 Å². The number of phenolic OH excluding ortho intramolecular Hbond substituents is 1. The highest BCUT2D eigenvalue weighted by Crippen LogP contribution is 2.24. The molecular formula is C16H17ClO4. The number of methoxy groups -OCH3 is 1. The van der Waals surface area contributed by atoms with Crippen LogP contribution in [0.5, 0.6) is 11.5 Å². The predicted octanol–water partition coefficient (Wildman–Crippen LogP) is 4.06. The molecule has 21 heavy (non-hydrogen) atoms. The van der Waals surface area contributed by atoms with Crippen molar-refractivity contribution in [3.05, 3.63) is 58.1 Å². The Hall–Kier alpha value is -2.20. The molecule has 0 aliphatic carbocycles.